The first-order chi connectivity index (χ1) is 7.04. The van der Waals surface area contributed by atoms with E-state index in [9.17, 15) is 9.90 Å². The Labute approximate surface area is 92.6 Å². The molecule has 0 saturated carbocycles. The highest BCUT2D eigenvalue weighted by molar-refractivity contribution is 6.30. The first kappa shape index (κ1) is 11.7. The van der Waals surface area contributed by atoms with Crippen LogP contribution in [0, 0.1) is 6.92 Å². The largest absolute Gasteiger partial charge is 0.505 e. The van der Waals surface area contributed by atoms with Crippen LogP contribution in [-0.4, -0.2) is 20.9 Å². The molecule has 4 nitrogen and oxygen atoms in total. The number of aliphatic hydroxyl groups excluding tert-OH is 1. The zero-order chi connectivity index (χ0) is 11.4. The molecule has 0 aliphatic rings. The second-order valence-electron chi connectivity index (χ2n) is 3.00. The van der Waals surface area contributed by atoms with E-state index in [1.807, 2.05) is 0 Å². The van der Waals surface area contributed by atoms with Crippen LogP contribution in [0.4, 0.5) is 0 Å². The normalized spacial score (nSPS) is 11.5. The first-order valence-corrected chi connectivity index (χ1v) is 4.85. The Morgan fingerprint density at radius 1 is 1.67 bits per heavy atom. The number of aliphatic hydroxyl groups is 1. The van der Waals surface area contributed by atoms with E-state index in [4.69, 9.17) is 11.6 Å². The average molecular weight is 227 g/mol. The summed E-state index contributed by atoms with van der Waals surface area (Å²) in [4.78, 5) is 18.9. The van der Waals surface area contributed by atoms with E-state index >= 15 is 0 Å². The van der Waals surface area contributed by atoms with Crippen molar-refractivity contribution in [3.05, 3.63) is 28.8 Å². The van der Waals surface area contributed by atoms with Crippen LogP contribution in [0.1, 0.15) is 24.7 Å². The van der Waals surface area contributed by atoms with Crippen molar-refractivity contribution in [2.24, 2.45) is 0 Å². The molecule has 0 fully saturated rings. The Hall–Kier alpha value is -1.42. The fourth-order valence-electron chi connectivity index (χ4n) is 0.943. The second-order valence-corrected chi connectivity index (χ2v) is 3.36. The van der Waals surface area contributed by atoms with Crippen molar-refractivity contribution < 1.29 is 9.90 Å². The van der Waals surface area contributed by atoms with Gasteiger partial charge < -0.3 is 5.11 Å². The molecule has 0 radical (unpaired) electrons. The lowest BCUT2D eigenvalue weighted by atomic mass is 10.2. The molecular formula is C10H11ClN2O2. The summed E-state index contributed by atoms with van der Waals surface area (Å²) >= 11 is 5.77. The number of allylic oxidation sites excluding steroid dienone is 1. The van der Waals surface area contributed by atoms with Crippen LogP contribution in [-0.2, 0) is 4.79 Å². The molecule has 15 heavy (non-hydrogen) atoms. The van der Waals surface area contributed by atoms with Crippen molar-refractivity contribution in [2.45, 2.75) is 20.3 Å². The molecule has 1 heterocycles. The summed E-state index contributed by atoms with van der Waals surface area (Å²) in [6, 6.07) is 0. The number of rotatable bonds is 3. The van der Waals surface area contributed by atoms with E-state index in [2.05, 4.69) is 9.97 Å². The average Bonchev–Trinajstić information content (AvgIpc) is 2.17. The number of halogens is 1. The van der Waals surface area contributed by atoms with E-state index in [1.165, 1.54) is 6.20 Å². The molecule has 0 atom stereocenters. The van der Waals surface area contributed by atoms with Crippen molar-refractivity contribution in [3.8, 4) is 0 Å². The minimum atomic E-state index is -0.251. The van der Waals surface area contributed by atoms with Gasteiger partial charge >= 0.3 is 0 Å². The predicted octanol–water partition coefficient (Wildman–Crippen LogP) is 2.32. The van der Waals surface area contributed by atoms with Crippen LogP contribution >= 0.6 is 11.6 Å². The summed E-state index contributed by atoms with van der Waals surface area (Å²) < 4.78 is 0. The van der Waals surface area contributed by atoms with E-state index in [0.717, 1.165) is 6.08 Å². The number of carbonyl (C=O) groups is 1. The lowest BCUT2D eigenvalue weighted by Crippen LogP contribution is -1.98. The van der Waals surface area contributed by atoms with Gasteiger partial charge in [-0.2, -0.15) is 0 Å². The monoisotopic (exact) mass is 226 g/mol. The number of nitrogens with zero attached hydrogens (tertiary/aromatic N) is 2. The number of ketones is 1. The van der Waals surface area contributed by atoms with E-state index in [0.29, 0.717) is 12.1 Å². The quantitative estimate of drug-likeness (QED) is 0.635. The molecule has 80 valence electrons. The molecule has 0 aliphatic carbocycles. The lowest BCUT2D eigenvalue weighted by Gasteiger charge is -2.01. The Bertz CT molecular complexity index is 416. The van der Waals surface area contributed by atoms with E-state index in [1.54, 1.807) is 13.8 Å². The standard InChI is InChI=1S/C10H11ClN2O2/c1-3-7(14)4-8(15)9-10(11)13-6(2)5-12-9/h4-5,15H,3H2,1-2H3/b8-4-. The van der Waals surface area contributed by atoms with Gasteiger partial charge in [-0.25, -0.2) is 9.97 Å². The van der Waals surface area contributed by atoms with Gasteiger partial charge in [-0.15, -0.1) is 0 Å². The van der Waals surface area contributed by atoms with Gasteiger partial charge in [-0.3, -0.25) is 4.79 Å². The maximum absolute atomic E-state index is 11.0. The van der Waals surface area contributed by atoms with Crippen molar-refractivity contribution in [1.82, 2.24) is 9.97 Å². The van der Waals surface area contributed by atoms with Gasteiger partial charge in [0.05, 0.1) is 5.69 Å². The van der Waals surface area contributed by atoms with Gasteiger partial charge in [-0.05, 0) is 6.92 Å². The number of aromatic nitrogens is 2. The lowest BCUT2D eigenvalue weighted by molar-refractivity contribution is -0.114. The van der Waals surface area contributed by atoms with Crippen LogP contribution < -0.4 is 0 Å². The molecule has 5 heteroatoms. The molecule has 0 aliphatic heterocycles. The maximum atomic E-state index is 11.0. The fourth-order valence-corrected chi connectivity index (χ4v) is 1.22. The van der Waals surface area contributed by atoms with Crippen molar-refractivity contribution in [3.63, 3.8) is 0 Å². The highest BCUT2D eigenvalue weighted by atomic mass is 35.5. The van der Waals surface area contributed by atoms with Gasteiger partial charge in [0.25, 0.3) is 0 Å². The van der Waals surface area contributed by atoms with Crippen molar-refractivity contribution >= 4 is 23.1 Å². The third-order valence-electron chi connectivity index (χ3n) is 1.74. The summed E-state index contributed by atoms with van der Waals surface area (Å²) in [5.74, 6) is -0.440. The summed E-state index contributed by atoms with van der Waals surface area (Å²) in [5, 5.41) is 9.64. The molecule has 0 saturated heterocycles. The predicted molar refractivity (Wildman–Crippen MR) is 57.7 cm³/mol. The first-order valence-electron chi connectivity index (χ1n) is 4.47. The van der Waals surface area contributed by atoms with Gasteiger partial charge in [0, 0.05) is 18.7 Å². The Balaban J connectivity index is 3.06. The molecule has 1 aromatic rings. The highest BCUT2D eigenvalue weighted by Crippen LogP contribution is 2.17. The summed E-state index contributed by atoms with van der Waals surface area (Å²) in [7, 11) is 0. The number of hydrogen-bond acceptors (Lipinski definition) is 4. The van der Waals surface area contributed by atoms with Crippen LogP contribution in [0.3, 0.4) is 0 Å². The minimum Gasteiger partial charge on any atom is -0.505 e. The number of hydrogen-bond donors (Lipinski definition) is 1. The molecule has 1 N–H and O–H groups in total. The fraction of sp³-hybridized carbons (Fsp3) is 0.300. The molecule has 1 aromatic heterocycles. The Kier molecular flexibility index (Phi) is 3.80. The van der Waals surface area contributed by atoms with Crippen LogP contribution in [0.25, 0.3) is 5.76 Å². The third kappa shape index (κ3) is 3.02. The molecule has 1 rings (SSSR count). The summed E-state index contributed by atoms with van der Waals surface area (Å²) in [6.07, 6.45) is 2.90. The molecule has 0 spiro atoms. The minimum absolute atomic E-state index is 0.0904. The van der Waals surface area contributed by atoms with Crippen molar-refractivity contribution in [2.75, 3.05) is 0 Å². The van der Waals surface area contributed by atoms with Crippen LogP contribution in [0.5, 0.6) is 0 Å². The molecular weight excluding hydrogens is 216 g/mol. The maximum Gasteiger partial charge on any atom is 0.159 e. The smallest absolute Gasteiger partial charge is 0.159 e. The molecule has 0 bridgehead atoms. The van der Waals surface area contributed by atoms with Crippen LogP contribution in [0.2, 0.25) is 5.15 Å². The molecule has 0 aromatic carbocycles. The SMILES string of the molecule is CCC(=O)/C=C(\O)c1ncc(C)nc1Cl. The molecule has 0 unspecified atom stereocenters. The Morgan fingerprint density at radius 2 is 2.33 bits per heavy atom. The van der Waals surface area contributed by atoms with Crippen LogP contribution in [0.15, 0.2) is 12.3 Å². The second kappa shape index (κ2) is 4.89. The van der Waals surface area contributed by atoms with E-state index in [-0.39, 0.29) is 22.4 Å². The third-order valence-corrected chi connectivity index (χ3v) is 2.00. The van der Waals surface area contributed by atoms with E-state index < -0.39 is 0 Å². The van der Waals surface area contributed by atoms with Gasteiger partial charge in [0.15, 0.2) is 10.9 Å². The Morgan fingerprint density at radius 3 is 2.87 bits per heavy atom. The zero-order valence-electron chi connectivity index (χ0n) is 8.49. The number of aryl methyl sites for hydroxylation is 1. The highest BCUT2D eigenvalue weighted by Gasteiger charge is 2.09. The van der Waals surface area contributed by atoms with Crippen molar-refractivity contribution in [1.29, 1.82) is 0 Å². The van der Waals surface area contributed by atoms with Gasteiger partial charge in [-0.1, -0.05) is 18.5 Å². The molecule has 0 amide bonds. The summed E-state index contributed by atoms with van der Waals surface area (Å²) in [6.45, 7) is 3.44. The van der Waals surface area contributed by atoms with Gasteiger partial charge in [0.2, 0.25) is 0 Å². The number of carbonyl (C=O) groups excluding carboxylic acids is 1. The topological polar surface area (TPSA) is 63.1 Å². The van der Waals surface area contributed by atoms with Gasteiger partial charge in [0.1, 0.15) is 11.5 Å². The zero-order valence-corrected chi connectivity index (χ0v) is 9.25. The summed E-state index contributed by atoms with van der Waals surface area (Å²) in [5.41, 5.74) is 0.780.